The lowest BCUT2D eigenvalue weighted by atomic mass is 9.90. The summed E-state index contributed by atoms with van der Waals surface area (Å²) in [6, 6.07) is 7.97. The third kappa shape index (κ3) is 3.77. The first-order chi connectivity index (χ1) is 15.1. The van der Waals surface area contributed by atoms with Gasteiger partial charge in [-0.05, 0) is 35.9 Å². The van der Waals surface area contributed by atoms with Crippen molar-refractivity contribution in [3.8, 4) is 11.8 Å². The van der Waals surface area contributed by atoms with Crippen LogP contribution >= 0.6 is 23.2 Å². The maximum atomic E-state index is 14.1. The summed E-state index contributed by atoms with van der Waals surface area (Å²) in [6.07, 6.45) is -3.05. The molecule has 1 aliphatic heterocycles. The van der Waals surface area contributed by atoms with Crippen LogP contribution in [-0.4, -0.2) is 26.8 Å². The van der Waals surface area contributed by atoms with E-state index < -0.39 is 39.6 Å². The summed E-state index contributed by atoms with van der Waals surface area (Å²) < 4.78 is 57.3. The molecule has 0 amide bonds. The molecule has 2 heterocycles. The first-order valence-corrected chi connectivity index (χ1v) is 9.53. The van der Waals surface area contributed by atoms with Gasteiger partial charge in [0.15, 0.2) is 5.82 Å². The van der Waals surface area contributed by atoms with Crippen LogP contribution in [-0.2, 0) is 10.4 Å². The first kappa shape index (κ1) is 22.0. The number of hydroxylamine groups is 1. The molecule has 3 aromatic rings. The molecule has 1 unspecified atom stereocenters. The molecule has 2 aromatic carbocycles. The largest absolute Gasteiger partial charge is 0.424 e. The van der Waals surface area contributed by atoms with Gasteiger partial charge in [0.1, 0.15) is 24.6 Å². The molecule has 1 aromatic heterocycles. The number of rotatable bonds is 3. The Morgan fingerprint density at radius 1 is 1.22 bits per heavy atom. The summed E-state index contributed by atoms with van der Waals surface area (Å²) in [5, 5.41) is 12.1. The van der Waals surface area contributed by atoms with Gasteiger partial charge in [-0.25, -0.2) is 19.0 Å². The van der Waals surface area contributed by atoms with Crippen molar-refractivity contribution in [1.82, 2.24) is 20.2 Å². The Hall–Kier alpha value is -3.20. The van der Waals surface area contributed by atoms with Gasteiger partial charge in [-0.1, -0.05) is 23.2 Å². The highest BCUT2D eigenvalue weighted by Gasteiger charge is 2.62. The monoisotopic (exact) mass is 484 g/mol. The minimum Gasteiger partial charge on any atom is -0.253 e. The Labute approximate surface area is 187 Å². The Balaban J connectivity index is 1.74. The minimum absolute atomic E-state index is 0.159. The number of aliphatic imine (C=N–C) groups is 1. The summed E-state index contributed by atoms with van der Waals surface area (Å²) in [5.41, 5.74) is -0.363. The molecule has 1 saturated heterocycles. The summed E-state index contributed by atoms with van der Waals surface area (Å²) in [7, 11) is 0. The molecule has 0 aliphatic carbocycles. The van der Waals surface area contributed by atoms with Crippen molar-refractivity contribution in [3.05, 3.63) is 70.0 Å². The number of hydrogen-bond donors (Lipinski definition) is 1. The Kier molecular flexibility index (Phi) is 5.54. The number of aromatic nitrogens is 3. The van der Waals surface area contributed by atoms with Gasteiger partial charge in [0.05, 0.1) is 33.4 Å². The van der Waals surface area contributed by atoms with E-state index >= 15 is 0 Å². The van der Waals surface area contributed by atoms with E-state index in [-0.39, 0.29) is 17.1 Å². The lowest BCUT2D eigenvalue weighted by molar-refractivity contribution is -0.282. The molecule has 13 heteroatoms. The second-order valence-corrected chi connectivity index (χ2v) is 7.49. The third-order valence-electron chi connectivity index (χ3n) is 4.70. The van der Waals surface area contributed by atoms with E-state index in [1.165, 1.54) is 35.5 Å². The number of halogens is 6. The fraction of sp³-hybridized carbons (Fsp3) is 0.158. The molecule has 0 spiro atoms. The van der Waals surface area contributed by atoms with Crippen molar-refractivity contribution in [2.45, 2.75) is 18.2 Å². The van der Waals surface area contributed by atoms with E-state index in [1.807, 2.05) is 6.07 Å². The fourth-order valence-corrected chi connectivity index (χ4v) is 3.64. The van der Waals surface area contributed by atoms with Crippen molar-refractivity contribution in [2.75, 3.05) is 0 Å². The maximum Gasteiger partial charge on any atom is 0.424 e. The Morgan fingerprint density at radius 2 is 1.94 bits per heavy atom. The lowest BCUT2D eigenvalue weighted by Gasteiger charge is -2.29. The van der Waals surface area contributed by atoms with Crippen LogP contribution < -0.4 is 5.48 Å². The molecule has 164 valence electrons. The van der Waals surface area contributed by atoms with E-state index in [4.69, 9.17) is 28.0 Å². The number of amidine groups is 1. The zero-order valence-corrected chi connectivity index (χ0v) is 17.2. The van der Waals surface area contributed by atoms with Gasteiger partial charge in [-0.2, -0.15) is 23.5 Å². The van der Waals surface area contributed by atoms with Crippen molar-refractivity contribution >= 4 is 34.7 Å². The van der Waals surface area contributed by atoms with Gasteiger partial charge in [-0.3, -0.25) is 10.3 Å². The topological polar surface area (TPSA) is 88.1 Å². The molecule has 1 aliphatic rings. The van der Waals surface area contributed by atoms with Gasteiger partial charge in [0, 0.05) is 0 Å². The van der Waals surface area contributed by atoms with Crippen LogP contribution in [0.3, 0.4) is 0 Å². The second kappa shape index (κ2) is 8.05. The minimum atomic E-state index is -4.92. The molecule has 1 fully saturated rings. The highest BCUT2D eigenvalue weighted by molar-refractivity contribution is 6.35. The SMILES string of the molecule is N#Cc1ccc(N=C2CC(c3cc(Cl)c(F)c(Cl)c3)(C(F)(F)F)ON2)cc1-n1cncn1. The second-order valence-electron chi connectivity index (χ2n) is 6.67. The Bertz CT molecular complexity index is 1230. The molecular formula is C19H10Cl2F4N6O. The zero-order valence-electron chi connectivity index (χ0n) is 15.7. The first-order valence-electron chi connectivity index (χ1n) is 8.77. The van der Waals surface area contributed by atoms with Crippen LogP contribution in [0.5, 0.6) is 0 Å². The highest BCUT2D eigenvalue weighted by atomic mass is 35.5. The Morgan fingerprint density at radius 3 is 2.53 bits per heavy atom. The van der Waals surface area contributed by atoms with Gasteiger partial charge in [0.25, 0.3) is 0 Å². The summed E-state index contributed by atoms with van der Waals surface area (Å²) in [6.45, 7) is 0. The predicted octanol–water partition coefficient (Wildman–Crippen LogP) is 5.00. The van der Waals surface area contributed by atoms with E-state index in [9.17, 15) is 22.8 Å². The van der Waals surface area contributed by atoms with Crippen molar-refractivity contribution in [3.63, 3.8) is 0 Å². The number of nitrogens with one attached hydrogen (secondary N) is 1. The van der Waals surface area contributed by atoms with Gasteiger partial charge >= 0.3 is 6.18 Å². The van der Waals surface area contributed by atoms with Crippen LogP contribution in [0.4, 0.5) is 23.2 Å². The van der Waals surface area contributed by atoms with Crippen LogP contribution in [0.25, 0.3) is 5.69 Å². The van der Waals surface area contributed by atoms with Crippen LogP contribution in [0.15, 0.2) is 48.0 Å². The molecule has 1 atom stereocenters. The van der Waals surface area contributed by atoms with Gasteiger partial charge in [-0.15, -0.1) is 0 Å². The standard InChI is InChI=1S/C19H10Cl2F4N6O/c20-13-3-11(4-14(21)17(13)22)18(19(23,24)25)6-16(30-32-18)29-12-2-1-10(7-26)15(5-12)31-9-27-8-28-31/h1-5,8-9H,6H2,(H,29,30). The smallest absolute Gasteiger partial charge is 0.253 e. The van der Waals surface area contributed by atoms with Crippen LogP contribution in [0, 0.1) is 17.1 Å². The van der Waals surface area contributed by atoms with E-state index in [1.54, 1.807) is 0 Å². The summed E-state index contributed by atoms with van der Waals surface area (Å²) in [4.78, 5) is 12.9. The molecule has 4 rings (SSSR count). The summed E-state index contributed by atoms with van der Waals surface area (Å²) >= 11 is 11.4. The van der Waals surface area contributed by atoms with E-state index in [2.05, 4.69) is 20.6 Å². The molecule has 0 saturated carbocycles. The lowest BCUT2D eigenvalue weighted by Crippen LogP contribution is -2.42. The average molecular weight is 485 g/mol. The number of nitrogens with zero attached hydrogens (tertiary/aromatic N) is 5. The summed E-state index contributed by atoms with van der Waals surface area (Å²) in [5.74, 6) is -1.19. The van der Waals surface area contributed by atoms with Gasteiger partial charge in [0.2, 0.25) is 5.60 Å². The van der Waals surface area contributed by atoms with E-state index in [0.29, 0.717) is 5.69 Å². The quantitative estimate of drug-likeness (QED) is 0.417. The number of alkyl halides is 3. The molecule has 32 heavy (non-hydrogen) atoms. The maximum absolute atomic E-state index is 14.1. The highest BCUT2D eigenvalue weighted by Crippen LogP contribution is 2.48. The molecular weight excluding hydrogens is 475 g/mol. The van der Waals surface area contributed by atoms with Crippen molar-refractivity contribution in [2.24, 2.45) is 4.99 Å². The molecule has 1 N–H and O–H groups in total. The molecule has 0 radical (unpaired) electrons. The van der Waals surface area contributed by atoms with Crippen molar-refractivity contribution in [1.29, 1.82) is 5.26 Å². The van der Waals surface area contributed by atoms with Gasteiger partial charge < -0.3 is 0 Å². The van der Waals surface area contributed by atoms with Crippen molar-refractivity contribution < 1.29 is 22.4 Å². The molecule has 0 bridgehead atoms. The normalized spacial score (nSPS) is 19.7. The molecule has 7 nitrogen and oxygen atoms in total. The fourth-order valence-electron chi connectivity index (χ4n) is 3.15. The van der Waals surface area contributed by atoms with E-state index in [0.717, 1.165) is 12.1 Å². The number of hydrogen-bond acceptors (Lipinski definition) is 5. The number of benzene rings is 2. The van der Waals surface area contributed by atoms with Crippen LogP contribution in [0.1, 0.15) is 17.5 Å². The number of nitriles is 1. The zero-order chi connectivity index (χ0) is 23.1. The van der Waals surface area contributed by atoms with Crippen LogP contribution in [0.2, 0.25) is 10.0 Å². The third-order valence-corrected chi connectivity index (χ3v) is 5.25. The average Bonchev–Trinajstić information content (AvgIpc) is 3.42. The predicted molar refractivity (Wildman–Crippen MR) is 106 cm³/mol.